The molecule has 2 aromatic carbocycles. The van der Waals surface area contributed by atoms with Crippen LogP contribution in [0.15, 0.2) is 47.0 Å². The number of halogens is 2. The standard InChI is InChI=1S/C17H14Cl2N4OS/c1-10-5-6-13(8-14(10)19)21-17(25)20-9-15-22-16(23-24-15)11-3-2-4-12(18)7-11/h2-8H,9H2,1H3,(H2,20,21,25). The Hall–Kier alpha value is -2.15. The molecule has 0 amide bonds. The molecule has 8 heteroatoms. The third-order valence-electron chi connectivity index (χ3n) is 3.38. The Bertz CT molecular complexity index is 913. The molecule has 0 aliphatic rings. The van der Waals surface area contributed by atoms with Crippen LogP contribution in [-0.4, -0.2) is 15.3 Å². The van der Waals surface area contributed by atoms with Gasteiger partial charge in [0.05, 0.1) is 6.54 Å². The molecule has 0 saturated heterocycles. The molecular formula is C17H14Cl2N4OS. The van der Waals surface area contributed by atoms with Crippen LogP contribution in [0.2, 0.25) is 10.0 Å². The van der Waals surface area contributed by atoms with E-state index in [1.807, 2.05) is 37.3 Å². The molecule has 0 radical (unpaired) electrons. The lowest BCUT2D eigenvalue weighted by Gasteiger charge is -2.09. The third kappa shape index (κ3) is 4.69. The number of anilines is 1. The number of thiocarbonyl (C=S) groups is 1. The van der Waals surface area contributed by atoms with Crippen LogP contribution in [0, 0.1) is 6.92 Å². The summed E-state index contributed by atoms with van der Waals surface area (Å²) in [6, 6.07) is 12.9. The van der Waals surface area contributed by atoms with Gasteiger partial charge in [0.25, 0.3) is 0 Å². The molecule has 3 aromatic rings. The van der Waals surface area contributed by atoms with Crippen molar-refractivity contribution in [3.05, 3.63) is 64.0 Å². The first-order chi connectivity index (χ1) is 12.0. The van der Waals surface area contributed by atoms with Gasteiger partial charge in [-0.2, -0.15) is 4.98 Å². The molecule has 25 heavy (non-hydrogen) atoms. The summed E-state index contributed by atoms with van der Waals surface area (Å²) < 4.78 is 5.22. The lowest BCUT2D eigenvalue weighted by atomic mass is 10.2. The van der Waals surface area contributed by atoms with Gasteiger partial charge in [-0.3, -0.25) is 0 Å². The lowest BCUT2D eigenvalue weighted by Crippen LogP contribution is -2.28. The Morgan fingerprint density at radius 2 is 2.04 bits per heavy atom. The van der Waals surface area contributed by atoms with E-state index in [4.69, 9.17) is 39.9 Å². The van der Waals surface area contributed by atoms with Crippen molar-refractivity contribution in [2.24, 2.45) is 0 Å². The highest BCUT2D eigenvalue weighted by Crippen LogP contribution is 2.21. The number of aromatic nitrogens is 2. The number of rotatable bonds is 4. The molecule has 0 bridgehead atoms. The molecule has 0 saturated carbocycles. The van der Waals surface area contributed by atoms with Gasteiger partial charge in [0.2, 0.25) is 11.7 Å². The summed E-state index contributed by atoms with van der Waals surface area (Å²) in [5.41, 5.74) is 2.60. The molecule has 0 unspecified atom stereocenters. The molecule has 2 N–H and O–H groups in total. The first kappa shape index (κ1) is 17.7. The van der Waals surface area contributed by atoms with Crippen molar-refractivity contribution in [1.29, 1.82) is 0 Å². The summed E-state index contributed by atoms with van der Waals surface area (Å²) in [5.74, 6) is 0.893. The maximum Gasteiger partial charge on any atom is 0.246 e. The highest BCUT2D eigenvalue weighted by atomic mass is 35.5. The molecule has 1 aromatic heterocycles. The molecule has 3 rings (SSSR count). The summed E-state index contributed by atoms with van der Waals surface area (Å²) >= 11 is 17.3. The molecule has 0 atom stereocenters. The average molecular weight is 393 g/mol. The summed E-state index contributed by atoms with van der Waals surface area (Å²) in [7, 11) is 0. The topological polar surface area (TPSA) is 63.0 Å². The highest BCUT2D eigenvalue weighted by Gasteiger charge is 2.09. The largest absolute Gasteiger partial charge is 0.353 e. The molecule has 5 nitrogen and oxygen atoms in total. The predicted molar refractivity (Wildman–Crippen MR) is 104 cm³/mol. The van der Waals surface area contributed by atoms with Gasteiger partial charge >= 0.3 is 0 Å². The number of hydrogen-bond donors (Lipinski definition) is 2. The summed E-state index contributed by atoms with van der Waals surface area (Å²) in [5, 5.41) is 11.7. The van der Waals surface area contributed by atoms with Gasteiger partial charge in [-0.25, -0.2) is 0 Å². The van der Waals surface area contributed by atoms with Crippen LogP contribution < -0.4 is 10.6 Å². The quantitative estimate of drug-likeness (QED) is 0.619. The van der Waals surface area contributed by atoms with E-state index in [-0.39, 0.29) is 0 Å². The van der Waals surface area contributed by atoms with Crippen molar-refractivity contribution in [3.8, 4) is 11.4 Å². The van der Waals surface area contributed by atoms with E-state index in [1.165, 1.54) is 0 Å². The van der Waals surface area contributed by atoms with Crippen molar-refractivity contribution in [3.63, 3.8) is 0 Å². The van der Waals surface area contributed by atoms with Crippen LogP contribution in [0.25, 0.3) is 11.4 Å². The second-order valence-electron chi connectivity index (χ2n) is 5.29. The Morgan fingerprint density at radius 1 is 1.20 bits per heavy atom. The number of hydrogen-bond acceptors (Lipinski definition) is 4. The van der Waals surface area contributed by atoms with E-state index in [1.54, 1.807) is 12.1 Å². The Morgan fingerprint density at radius 3 is 2.80 bits per heavy atom. The normalized spacial score (nSPS) is 10.5. The number of nitrogens with one attached hydrogen (secondary N) is 2. The van der Waals surface area contributed by atoms with Gasteiger partial charge in [-0.05, 0) is 49.0 Å². The van der Waals surface area contributed by atoms with Crippen molar-refractivity contribution in [1.82, 2.24) is 15.5 Å². The molecular weight excluding hydrogens is 379 g/mol. The highest BCUT2D eigenvalue weighted by molar-refractivity contribution is 7.80. The Labute approximate surface area is 160 Å². The maximum atomic E-state index is 6.10. The monoisotopic (exact) mass is 392 g/mol. The summed E-state index contributed by atoms with van der Waals surface area (Å²) in [6.07, 6.45) is 0. The minimum absolute atomic E-state index is 0.305. The second-order valence-corrected chi connectivity index (χ2v) is 6.55. The van der Waals surface area contributed by atoms with Crippen LogP contribution >= 0.6 is 35.4 Å². The number of nitrogens with zero attached hydrogens (tertiary/aromatic N) is 2. The zero-order chi connectivity index (χ0) is 17.8. The van der Waals surface area contributed by atoms with E-state index in [0.29, 0.717) is 33.4 Å². The van der Waals surface area contributed by atoms with Crippen molar-refractivity contribution < 1.29 is 4.52 Å². The van der Waals surface area contributed by atoms with Crippen LogP contribution in [0.1, 0.15) is 11.5 Å². The second kappa shape index (κ2) is 7.82. The minimum atomic E-state index is 0.305. The molecule has 0 aliphatic heterocycles. The van der Waals surface area contributed by atoms with Gasteiger partial charge in [-0.1, -0.05) is 46.6 Å². The summed E-state index contributed by atoms with van der Waals surface area (Å²) in [6.45, 7) is 2.24. The average Bonchev–Trinajstić information content (AvgIpc) is 3.05. The Kier molecular flexibility index (Phi) is 5.53. The van der Waals surface area contributed by atoms with Gasteiger partial charge in [0.1, 0.15) is 0 Å². The van der Waals surface area contributed by atoms with Gasteiger partial charge in [-0.15, -0.1) is 0 Å². The maximum absolute atomic E-state index is 6.10. The molecule has 0 aliphatic carbocycles. The van der Waals surface area contributed by atoms with Crippen LogP contribution in [0.3, 0.4) is 0 Å². The van der Waals surface area contributed by atoms with Crippen LogP contribution in [0.4, 0.5) is 5.69 Å². The fraction of sp³-hybridized carbons (Fsp3) is 0.118. The fourth-order valence-electron chi connectivity index (χ4n) is 2.07. The molecule has 0 spiro atoms. The first-order valence-electron chi connectivity index (χ1n) is 7.41. The third-order valence-corrected chi connectivity index (χ3v) is 4.27. The fourth-order valence-corrected chi connectivity index (χ4v) is 2.63. The van der Waals surface area contributed by atoms with Crippen LogP contribution in [-0.2, 0) is 6.54 Å². The van der Waals surface area contributed by atoms with Gasteiger partial charge < -0.3 is 15.2 Å². The molecule has 0 fully saturated rings. The van der Waals surface area contributed by atoms with Crippen molar-refractivity contribution in [2.45, 2.75) is 13.5 Å². The molecule has 1 heterocycles. The van der Waals surface area contributed by atoms with E-state index in [0.717, 1.165) is 16.8 Å². The van der Waals surface area contributed by atoms with Crippen molar-refractivity contribution >= 4 is 46.2 Å². The smallest absolute Gasteiger partial charge is 0.246 e. The van der Waals surface area contributed by atoms with E-state index in [2.05, 4.69) is 20.8 Å². The first-order valence-corrected chi connectivity index (χ1v) is 8.57. The Balaban J connectivity index is 1.58. The van der Waals surface area contributed by atoms with E-state index in [9.17, 15) is 0 Å². The lowest BCUT2D eigenvalue weighted by molar-refractivity contribution is 0.376. The zero-order valence-corrected chi connectivity index (χ0v) is 15.5. The number of benzene rings is 2. The SMILES string of the molecule is Cc1ccc(NC(=S)NCc2nc(-c3cccc(Cl)c3)no2)cc1Cl. The number of aryl methyl sites for hydroxylation is 1. The predicted octanol–water partition coefficient (Wildman–Crippen LogP) is 4.84. The zero-order valence-electron chi connectivity index (χ0n) is 13.2. The van der Waals surface area contributed by atoms with E-state index >= 15 is 0 Å². The van der Waals surface area contributed by atoms with Crippen LogP contribution in [0.5, 0.6) is 0 Å². The van der Waals surface area contributed by atoms with Crippen molar-refractivity contribution in [2.75, 3.05) is 5.32 Å². The minimum Gasteiger partial charge on any atom is -0.353 e. The molecule has 128 valence electrons. The van der Waals surface area contributed by atoms with E-state index < -0.39 is 0 Å². The van der Waals surface area contributed by atoms with Gasteiger partial charge in [0.15, 0.2) is 5.11 Å². The summed E-state index contributed by atoms with van der Waals surface area (Å²) in [4.78, 5) is 4.32. The van der Waals surface area contributed by atoms with Gasteiger partial charge in [0, 0.05) is 21.3 Å².